The van der Waals surface area contributed by atoms with E-state index in [0.717, 1.165) is 18.2 Å². The minimum atomic E-state index is -1.06. The van der Waals surface area contributed by atoms with Crippen molar-refractivity contribution in [2.75, 3.05) is 19.0 Å². The van der Waals surface area contributed by atoms with Gasteiger partial charge in [0, 0.05) is 19.1 Å². The van der Waals surface area contributed by atoms with Gasteiger partial charge < -0.3 is 19.7 Å². The van der Waals surface area contributed by atoms with Crippen LogP contribution in [-0.4, -0.2) is 40.4 Å². The fraction of sp³-hybridized carbons (Fsp3) is 0.500. The van der Waals surface area contributed by atoms with Gasteiger partial charge in [-0.05, 0) is 17.7 Å². The summed E-state index contributed by atoms with van der Waals surface area (Å²) in [5, 5.41) is 19.9. The smallest absolute Gasteiger partial charge is 0.185 e. The molecule has 2 rings (SSSR count). The van der Waals surface area contributed by atoms with E-state index in [-0.39, 0.29) is 10.9 Å². The average Bonchev–Trinajstić information content (AvgIpc) is 2.68. The molecule has 0 bridgehead atoms. The molecule has 0 aromatic heterocycles. The van der Waals surface area contributed by atoms with Crippen LogP contribution >= 0.6 is 11.8 Å². The third-order valence-corrected chi connectivity index (χ3v) is 3.85. The quantitative estimate of drug-likeness (QED) is 0.878. The first-order chi connectivity index (χ1) is 9.58. The average molecular weight is 298 g/mol. The second-order valence-corrected chi connectivity index (χ2v) is 5.77. The number of rotatable bonds is 4. The van der Waals surface area contributed by atoms with Gasteiger partial charge in [-0.2, -0.15) is 0 Å². The lowest BCUT2D eigenvalue weighted by Gasteiger charge is -2.18. The third kappa shape index (κ3) is 3.88. The van der Waals surface area contributed by atoms with Gasteiger partial charge in [-0.3, -0.25) is 4.79 Å². The van der Waals surface area contributed by atoms with Crippen LogP contribution in [0.25, 0.3) is 0 Å². The maximum Gasteiger partial charge on any atom is 0.185 e. The van der Waals surface area contributed by atoms with E-state index in [2.05, 4.69) is 0 Å². The molecule has 1 aromatic rings. The maximum atomic E-state index is 10.9. The topological polar surface area (TPSA) is 76.0 Å². The first-order valence-electron chi connectivity index (χ1n) is 6.47. The zero-order chi connectivity index (χ0) is 14.5. The molecule has 6 heteroatoms. The predicted molar refractivity (Wildman–Crippen MR) is 76.2 cm³/mol. The molecule has 0 radical (unpaired) electrons. The van der Waals surface area contributed by atoms with E-state index in [9.17, 15) is 15.0 Å². The SMILES string of the molecule is CC(=O)SCC(O)C(O)c1ccc2c(c1)OCCCO2. The molecule has 5 nitrogen and oxygen atoms in total. The summed E-state index contributed by atoms with van der Waals surface area (Å²) in [7, 11) is 0. The summed E-state index contributed by atoms with van der Waals surface area (Å²) in [5.74, 6) is 1.38. The molecule has 1 heterocycles. The van der Waals surface area contributed by atoms with Gasteiger partial charge in [-0.25, -0.2) is 0 Å². The van der Waals surface area contributed by atoms with Crippen molar-refractivity contribution in [1.82, 2.24) is 0 Å². The Kier molecular flexibility index (Phi) is 5.28. The molecular formula is C14H18O5S. The number of hydrogen-bond donors (Lipinski definition) is 2. The van der Waals surface area contributed by atoms with Gasteiger partial charge in [-0.1, -0.05) is 17.8 Å². The Morgan fingerprint density at radius 2 is 2.00 bits per heavy atom. The number of ether oxygens (including phenoxy) is 2. The second kappa shape index (κ2) is 6.97. The number of aliphatic hydroxyl groups excluding tert-OH is 2. The molecule has 1 aliphatic heterocycles. The van der Waals surface area contributed by atoms with Crippen LogP contribution < -0.4 is 9.47 Å². The summed E-state index contributed by atoms with van der Waals surface area (Å²) in [6.45, 7) is 2.60. The summed E-state index contributed by atoms with van der Waals surface area (Å²) >= 11 is 0.990. The molecular weight excluding hydrogens is 280 g/mol. The van der Waals surface area contributed by atoms with Crippen molar-refractivity contribution in [3.63, 3.8) is 0 Å². The third-order valence-electron chi connectivity index (χ3n) is 2.93. The molecule has 2 N–H and O–H groups in total. The summed E-state index contributed by atoms with van der Waals surface area (Å²) in [6, 6.07) is 5.09. The molecule has 0 saturated carbocycles. The van der Waals surface area contributed by atoms with Crippen LogP contribution in [0.1, 0.15) is 25.0 Å². The van der Waals surface area contributed by atoms with E-state index >= 15 is 0 Å². The normalized spacial score (nSPS) is 17.1. The van der Waals surface area contributed by atoms with Gasteiger partial charge >= 0.3 is 0 Å². The van der Waals surface area contributed by atoms with E-state index in [1.807, 2.05) is 0 Å². The van der Waals surface area contributed by atoms with Gasteiger partial charge in [0.25, 0.3) is 0 Å². The molecule has 0 spiro atoms. The van der Waals surface area contributed by atoms with Gasteiger partial charge in [-0.15, -0.1) is 0 Å². The summed E-state index contributed by atoms with van der Waals surface area (Å²) < 4.78 is 11.0. The lowest BCUT2D eigenvalue weighted by molar-refractivity contribution is -0.109. The molecule has 0 aliphatic carbocycles. The van der Waals surface area contributed by atoms with Crippen LogP contribution in [0.3, 0.4) is 0 Å². The molecule has 1 aliphatic rings. The van der Waals surface area contributed by atoms with E-state index in [1.165, 1.54) is 6.92 Å². The molecule has 0 saturated heterocycles. The number of aliphatic hydroxyl groups is 2. The molecule has 0 amide bonds. The number of fused-ring (bicyclic) bond motifs is 1. The number of benzene rings is 1. The van der Waals surface area contributed by atoms with E-state index in [1.54, 1.807) is 18.2 Å². The van der Waals surface area contributed by atoms with Crippen molar-refractivity contribution in [2.24, 2.45) is 0 Å². The van der Waals surface area contributed by atoms with Crippen molar-refractivity contribution >= 4 is 16.9 Å². The number of hydrogen-bond acceptors (Lipinski definition) is 6. The molecule has 20 heavy (non-hydrogen) atoms. The number of carbonyl (C=O) groups excluding carboxylic acids is 1. The van der Waals surface area contributed by atoms with E-state index in [0.29, 0.717) is 30.3 Å². The van der Waals surface area contributed by atoms with Crippen LogP contribution in [0.2, 0.25) is 0 Å². The lowest BCUT2D eigenvalue weighted by atomic mass is 10.0. The first-order valence-corrected chi connectivity index (χ1v) is 7.45. The Bertz CT molecular complexity index is 477. The van der Waals surface area contributed by atoms with Crippen molar-refractivity contribution in [2.45, 2.75) is 25.6 Å². The Morgan fingerprint density at radius 1 is 1.30 bits per heavy atom. The van der Waals surface area contributed by atoms with Gasteiger partial charge in [0.15, 0.2) is 16.6 Å². The Morgan fingerprint density at radius 3 is 2.70 bits per heavy atom. The Labute approximate surface area is 121 Å². The Hall–Kier alpha value is -1.24. The van der Waals surface area contributed by atoms with Gasteiger partial charge in [0.2, 0.25) is 0 Å². The fourth-order valence-electron chi connectivity index (χ4n) is 1.88. The standard InChI is InChI=1S/C14H18O5S/c1-9(15)20-8-11(16)14(17)10-3-4-12-13(7-10)19-6-2-5-18-12/h3-4,7,11,14,16-17H,2,5-6,8H2,1H3. The number of carbonyl (C=O) groups is 1. The molecule has 0 fully saturated rings. The largest absolute Gasteiger partial charge is 0.490 e. The van der Waals surface area contributed by atoms with Crippen LogP contribution in [0.4, 0.5) is 0 Å². The highest BCUT2D eigenvalue weighted by Gasteiger charge is 2.21. The van der Waals surface area contributed by atoms with Crippen molar-refractivity contribution in [3.05, 3.63) is 23.8 Å². The predicted octanol–water partition coefficient (Wildman–Crippen LogP) is 1.52. The van der Waals surface area contributed by atoms with E-state index in [4.69, 9.17) is 9.47 Å². The van der Waals surface area contributed by atoms with Crippen LogP contribution in [-0.2, 0) is 4.79 Å². The first kappa shape index (κ1) is 15.2. The lowest BCUT2D eigenvalue weighted by Crippen LogP contribution is -2.21. The van der Waals surface area contributed by atoms with Gasteiger partial charge in [0.1, 0.15) is 6.10 Å². The minimum absolute atomic E-state index is 0.0880. The maximum absolute atomic E-state index is 10.9. The Balaban J connectivity index is 2.08. The highest BCUT2D eigenvalue weighted by Crippen LogP contribution is 2.33. The van der Waals surface area contributed by atoms with Crippen molar-refractivity contribution in [3.8, 4) is 11.5 Å². The molecule has 110 valence electrons. The zero-order valence-electron chi connectivity index (χ0n) is 11.2. The molecule has 2 unspecified atom stereocenters. The monoisotopic (exact) mass is 298 g/mol. The highest BCUT2D eigenvalue weighted by atomic mass is 32.2. The van der Waals surface area contributed by atoms with Crippen LogP contribution in [0.15, 0.2) is 18.2 Å². The summed E-state index contributed by atoms with van der Waals surface area (Å²) in [4.78, 5) is 10.9. The van der Waals surface area contributed by atoms with Gasteiger partial charge in [0.05, 0.1) is 19.3 Å². The summed E-state index contributed by atoms with van der Waals surface area (Å²) in [5.41, 5.74) is 0.547. The zero-order valence-corrected chi connectivity index (χ0v) is 12.1. The minimum Gasteiger partial charge on any atom is -0.490 e. The second-order valence-electron chi connectivity index (χ2n) is 4.57. The van der Waals surface area contributed by atoms with E-state index < -0.39 is 12.2 Å². The summed E-state index contributed by atoms with van der Waals surface area (Å²) in [6.07, 6.45) is -1.25. The number of thioether (sulfide) groups is 1. The fourth-order valence-corrected chi connectivity index (χ4v) is 2.47. The van der Waals surface area contributed by atoms with Crippen molar-refractivity contribution in [1.29, 1.82) is 0 Å². The van der Waals surface area contributed by atoms with Crippen LogP contribution in [0.5, 0.6) is 11.5 Å². The molecule has 2 atom stereocenters. The van der Waals surface area contributed by atoms with Crippen molar-refractivity contribution < 1.29 is 24.5 Å². The van der Waals surface area contributed by atoms with Crippen LogP contribution in [0, 0.1) is 0 Å². The highest BCUT2D eigenvalue weighted by molar-refractivity contribution is 8.13. The molecule has 1 aromatic carbocycles.